The van der Waals surface area contributed by atoms with E-state index in [1.54, 1.807) is 6.07 Å². The Labute approximate surface area is 122 Å². The van der Waals surface area contributed by atoms with Crippen LogP contribution in [0.25, 0.3) is 0 Å². The van der Waals surface area contributed by atoms with E-state index in [9.17, 15) is 28.1 Å². The summed E-state index contributed by atoms with van der Waals surface area (Å²) in [7, 11) is 0. The molecule has 1 aliphatic carbocycles. The van der Waals surface area contributed by atoms with E-state index in [2.05, 4.69) is 5.32 Å². The van der Waals surface area contributed by atoms with Crippen molar-refractivity contribution in [1.82, 2.24) is 5.32 Å². The molecule has 0 aromatic heterocycles. The Morgan fingerprint density at radius 3 is 2.82 bits per heavy atom. The molecule has 2 atom stereocenters. The van der Waals surface area contributed by atoms with Crippen LogP contribution in [-0.2, 0) is 4.79 Å². The zero-order valence-corrected chi connectivity index (χ0v) is 11.2. The molecular formula is C13H12F3N3O3. The van der Waals surface area contributed by atoms with Crippen LogP contribution in [0.4, 0.5) is 24.5 Å². The largest absolute Gasteiger partial charge is 0.471 e. The number of hydrogen-bond acceptors (Lipinski definition) is 4. The first-order valence-corrected chi connectivity index (χ1v) is 6.69. The molecule has 3 rings (SSSR count). The lowest BCUT2D eigenvalue weighted by atomic mass is 9.92. The molecule has 6 nitrogen and oxygen atoms in total. The third-order valence-corrected chi connectivity index (χ3v) is 4.25. The van der Waals surface area contributed by atoms with Crippen LogP contribution in [0.15, 0.2) is 18.2 Å². The molecule has 118 valence electrons. The molecule has 0 bridgehead atoms. The van der Waals surface area contributed by atoms with Gasteiger partial charge in [-0.2, -0.15) is 13.2 Å². The molecule has 1 fully saturated rings. The fourth-order valence-electron chi connectivity index (χ4n) is 3.39. The lowest BCUT2D eigenvalue weighted by Gasteiger charge is -2.31. The molecule has 0 spiro atoms. The molecule has 0 unspecified atom stereocenters. The van der Waals surface area contributed by atoms with E-state index >= 15 is 0 Å². The summed E-state index contributed by atoms with van der Waals surface area (Å²) < 4.78 is 37.6. The summed E-state index contributed by atoms with van der Waals surface area (Å²) in [6, 6.07) is 4.43. The van der Waals surface area contributed by atoms with Crippen LogP contribution in [0, 0.1) is 10.1 Å². The van der Waals surface area contributed by atoms with Crippen molar-refractivity contribution in [2.75, 3.05) is 5.32 Å². The molecule has 1 aromatic carbocycles. The first kappa shape index (κ1) is 14.6. The minimum Gasteiger partial charge on any atom is -0.356 e. The third kappa shape index (κ3) is 2.08. The van der Waals surface area contributed by atoms with E-state index < -0.39 is 28.6 Å². The summed E-state index contributed by atoms with van der Waals surface area (Å²) in [5.74, 6) is -2.45. The molecule has 22 heavy (non-hydrogen) atoms. The normalized spacial score (nSPS) is 26.0. The minimum atomic E-state index is -5.00. The highest BCUT2D eigenvalue weighted by molar-refractivity contribution is 5.84. The Morgan fingerprint density at radius 2 is 2.18 bits per heavy atom. The fourth-order valence-corrected chi connectivity index (χ4v) is 3.39. The lowest BCUT2D eigenvalue weighted by Crippen LogP contribution is -2.56. The molecule has 1 amide bonds. The van der Waals surface area contributed by atoms with Crippen molar-refractivity contribution in [1.29, 1.82) is 0 Å². The van der Waals surface area contributed by atoms with Gasteiger partial charge in [0.05, 0.1) is 4.92 Å². The quantitative estimate of drug-likeness (QED) is 0.649. The van der Waals surface area contributed by atoms with E-state index in [-0.39, 0.29) is 17.8 Å². The van der Waals surface area contributed by atoms with E-state index in [0.717, 1.165) is 0 Å². The molecule has 0 saturated heterocycles. The topological polar surface area (TPSA) is 84.3 Å². The molecule has 0 radical (unpaired) electrons. The predicted molar refractivity (Wildman–Crippen MR) is 70.2 cm³/mol. The Kier molecular flexibility index (Phi) is 3.05. The van der Waals surface area contributed by atoms with Crippen LogP contribution in [0.1, 0.15) is 30.7 Å². The molecule has 1 aromatic rings. The van der Waals surface area contributed by atoms with Gasteiger partial charge in [0.2, 0.25) is 0 Å². The number of nitrogens with zero attached hydrogens (tertiary/aromatic N) is 1. The number of nitro groups is 1. The maximum absolute atomic E-state index is 12.5. The van der Waals surface area contributed by atoms with Gasteiger partial charge in [0, 0.05) is 12.0 Å². The summed E-state index contributed by atoms with van der Waals surface area (Å²) in [5.41, 5.74) is -0.734. The first-order chi connectivity index (χ1) is 10.2. The number of alkyl halides is 3. The standard InChI is InChI=1S/C13H12F3N3O3/c14-13(15,16)11(20)18-12-6-2-4-8(12)7-3-1-5-9(19(21)22)10(7)17-12/h1,3,5,8,17H,2,4,6H2,(H,18,20)/t8-,12+/m0/s1. The SMILES string of the molecule is O=C(N[C@]12CCC[C@H]1c1cccc([N+](=O)[O-])c1N2)C(F)(F)F. The number of para-hydroxylation sites is 1. The number of nitro benzene ring substituents is 1. The monoisotopic (exact) mass is 315 g/mol. The summed E-state index contributed by atoms with van der Waals surface area (Å²) in [4.78, 5) is 21.8. The highest BCUT2D eigenvalue weighted by Gasteiger charge is 2.54. The number of carbonyl (C=O) groups excluding carboxylic acids is 1. The number of benzene rings is 1. The van der Waals surface area contributed by atoms with Crippen molar-refractivity contribution in [3.8, 4) is 0 Å². The molecule has 1 aliphatic heterocycles. The number of nitrogens with one attached hydrogen (secondary N) is 2. The van der Waals surface area contributed by atoms with Crippen LogP contribution in [0.3, 0.4) is 0 Å². The summed E-state index contributed by atoms with van der Waals surface area (Å²) in [6.45, 7) is 0. The molecule has 2 N–H and O–H groups in total. The molecule has 1 saturated carbocycles. The maximum atomic E-state index is 12.5. The van der Waals surface area contributed by atoms with Crippen LogP contribution in [-0.4, -0.2) is 22.7 Å². The highest BCUT2D eigenvalue weighted by Crippen LogP contribution is 2.53. The van der Waals surface area contributed by atoms with Crippen molar-refractivity contribution in [2.45, 2.75) is 37.0 Å². The van der Waals surface area contributed by atoms with E-state index in [1.165, 1.54) is 12.1 Å². The van der Waals surface area contributed by atoms with Gasteiger partial charge in [0.1, 0.15) is 11.4 Å². The summed E-state index contributed by atoms with van der Waals surface area (Å²) in [5, 5.41) is 15.9. The number of amides is 1. The smallest absolute Gasteiger partial charge is 0.356 e. The number of rotatable bonds is 2. The van der Waals surface area contributed by atoms with Gasteiger partial charge in [-0.3, -0.25) is 14.9 Å². The van der Waals surface area contributed by atoms with Crippen molar-refractivity contribution >= 4 is 17.3 Å². The second-order valence-corrected chi connectivity index (χ2v) is 5.49. The number of halogens is 3. The van der Waals surface area contributed by atoms with Gasteiger partial charge in [-0.15, -0.1) is 0 Å². The Balaban J connectivity index is 1.99. The van der Waals surface area contributed by atoms with E-state index in [4.69, 9.17) is 0 Å². The Bertz CT molecular complexity index is 662. The van der Waals surface area contributed by atoms with Crippen molar-refractivity contribution < 1.29 is 22.9 Å². The highest BCUT2D eigenvalue weighted by atomic mass is 19.4. The molecule has 1 heterocycles. The van der Waals surface area contributed by atoms with Crippen LogP contribution < -0.4 is 10.6 Å². The number of hydrogen-bond donors (Lipinski definition) is 2. The van der Waals surface area contributed by atoms with Gasteiger partial charge in [0.25, 0.3) is 5.69 Å². The van der Waals surface area contributed by atoms with Gasteiger partial charge < -0.3 is 10.6 Å². The van der Waals surface area contributed by atoms with E-state index in [1.807, 2.05) is 5.32 Å². The maximum Gasteiger partial charge on any atom is 0.471 e. The Morgan fingerprint density at radius 1 is 1.45 bits per heavy atom. The zero-order chi connectivity index (χ0) is 16.1. The lowest BCUT2D eigenvalue weighted by molar-refractivity contribution is -0.384. The Hall–Kier alpha value is -2.32. The second-order valence-electron chi connectivity index (χ2n) is 5.49. The first-order valence-electron chi connectivity index (χ1n) is 6.69. The minimum absolute atomic E-state index is 0.194. The van der Waals surface area contributed by atoms with Crippen molar-refractivity contribution in [3.63, 3.8) is 0 Å². The van der Waals surface area contributed by atoms with Crippen LogP contribution in [0.5, 0.6) is 0 Å². The average Bonchev–Trinajstić information content (AvgIpc) is 2.92. The van der Waals surface area contributed by atoms with Crippen LogP contribution in [0.2, 0.25) is 0 Å². The fraction of sp³-hybridized carbons (Fsp3) is 0.462. The predicted octanol–water partition coefficient (Wildman–Crippen LogP) is 2.66. The number of carbonyl (C=O) groups is 1. The van der Waals surface area contributed by atoms with Gasteiger partial charge in [-0.1, -0.05) is 12.1 Å². The molecule has 9 heteroatoms. The summed E-state index contributed by atoms with van der Waals surface area (Å²) >= 11 is 0. The third-order valence-electron chi connectivity index (χ3n) is 4.25. The van der Waals surface area contributed by atoms with Gasteiger partial charge in [-0.25, -0.2) is 0 Å². The van der Waals surface area contributed by atoms with Gasteiger partial charge in [-0.05, 0) is 24.8 Å². The summed E-state index contributed by atoms with van der Waals surface area (Å²) in [6.07, 6.45) is -3.53. The second kappa shape index (κ2) is 4.59. The number of anilines is 1. The molecular weight excluding hydrogens is 303 g/mol. The molecule has 2 aliphatic rings. The number of fused-ring (bicyclic) bond motifs is 3. The van der Waals surface area contributed by atoms with Crippen LogP contribution >= 0.6 is 0 Å². The van der Waals surface area contributed by atoms with Crippen molar-refractivity contribution in [3.05, 3.63) is 33.9 Å². The van der Waals surface area contributed by atoms with Crippen molar-refractivity contribution in [2.24, 2.45) is 0 Å². The van der Waals surface area contributed by atoms with E-state index in [0.29, 0.717) is 18.4 Å². The van der Waals surface area contributed by atoms with Gasteiger partial charge >= 0.3 is 12.1 Å². The zero-order valence-electron chi connectivity index (χ0n) is 11.2. The van der Waals surface area contributed by atoms with Gasteiger partial charge in [0.15, 0.2) is 0 Å². The average molecular weight is 315 g/mol.